The minimum absolute atomic E-state index is 0.0646. The van der Waals surface area contributed by atoms with Gasteiger partial charge in [0.1, 0.15) is 5.60 Å². The summed E-state index contributed by atoms with van der Waals surface area (Å²) in [5.74, 6) is 1.26. The third kappa shape index (κ3) is 2.96. The molecule has 21 heavy (non-hydrogen) atoms. The van der Waals surface area contributed by atoms with Crippen LogP contribution in [0.15, 0.2) is 4.52 Å². The van der Waals surface area contributed by atoms with E-state index >= 15 is 0 Å². The van der Waals surface area contributed by atoms with E-state index in [2.05, 4.69) is 15.5 Å². The molecule has 7 heteroatoms. The van der Waals surface area contributed by atoms with Crippen LogP contribution in [0.25, 0.3) is 0 Å². The lowest BCUT2D eigenvalue weighted by atomic mass is 9.93. The standard InChI is InChI=1S/C14H23N3O4/c1-3-20-14(4-6-19-7-5-14)13-16-12(21-17-13)11-8-10(18-2)9-15-11/h10-11,15H,3-9H2,1-2H3. The van der Waals surface area contributed by atoms with Gasteiger partial charge in [-0.3, -0.25) is 0 Å². The first-order valence-corrected chi connectivity index (χ1v) is 7.59. The largest absolute Gasteiger partial charge is 0.381 e. The minimum Gasteiger partial charge on any atom is -0.381 e. The Bertz CT molecular complexity index is 453. The van der Waals surface area contributed by atoms with Crippen LogP contribution in [-0.4, -0.2) is 49.7 Å². The maximum Gasteiger partial charge on any atom is 0.243 e. The molecule has 1 aromatic heterocycles. The van der Waals surface area contributed by atoms with E-state index in [0.717, 1.165) is 25.8 Å². The molecule has 1 N–H and O–H groups in total. The van der Waals surface area contributed by atoms with Gasteiger partial charge in [-0.15, -0.1) is 0 Å². The van der Waals surface area contributed by atoms with Crippen molar-refractivity contribution in [3.05, 3.63) is 11.7 Å². The molecule has 0 amide bonds. The summed E-state index contributed by atoms with van der Waals surface area (Å²) in [5.41, 5.74) is -0.464. The van der Waals surface area contributed by atoms with Crippen LogP contribution in [0.1, 0.15) is 43.9 Å². The van der Waals surface area contributed by atoms with Crippen molar-refractivity contribution < 1.29 is 18.7 Å². The smallest absolute Gasteiger partial charge is 0.243 e. The second-order valence-electron chi connectivity index (χ2n) is 5.55. The molecular formula is C14H23N3O4. The van der Waals surface area contributed by atoms with Crippen LogP contribution in [0.3, 0.4) is 0 Å². The normalized spacial score (nSPS) is 28.9. The van der Waals surface area contributed by atoms with Gasteiger partial charge in [-0.05, 0) is 13.3 Å². The number of rotatable bonds is 5. The van der Waals surface area contributed by atoms with Gasteiger partial charge in [0.2, 0.25) is 11.7 Å². The van der Waals surface area contributed by atoms with Crippen LogP contribution in [-0.2, 0) is 19.8 Å². The fraction of sp³-hybridized carbons (Fsp3) is 0.857. The van der Waals surface area contributed by atoms with E-state index in [4.69, 9.17) is 18.7 Å². The van der Waals surface area contributed by atoms with Gasteiger partial charge in [0.15, 0.2) is 0 Å². The average molecular weight is 297 g/mol. The number of ether oxygens (including phenoxy) is 3. The van der Waals surface area contributed by atoms with Crippen molar-refractivity contribution >= 4 is 0 Å². The highest BCUT2D eigenvalue weighted by molar-refractivity contribution is 5.06. The van der Waals surface area contributed by atoms with E-state index in [0.29, 0.717) is 31.5 Å². The Morgan fingerprint density at radius 2 is 2.19 bits per heavy atom. The van der Waals surface area contributed by atoms with E-state index in [-0.39, 0.29) is 12.1 Å². The molecular weight excluding hydrogens is 274 g/mol. The highest BCUT2D eigenvalue weighted by Gasteiger charge is 2.41. The molecule has 2 aliphatic heterocycles. The van der Waals surface area contributed by atoms with Crippen molar-refractivity contribution in [2.24, 2.45) is 0 Å². The fourth-order valence-electron chi connectivity index (χ4n) is 3.04. The maximum atomic E-state index is 5.96. The molecule has 0 saturated carbocycles. The molecule has 2 atom stereocenters. The summed E-state index contributed by atoms with van der Waals surface area (Å²) >= 11 is 0. The Morgan fingerprint density at radius 3 is 2.86 bits per heavy atom. The Morgan fingerprint density at radius 1 is 1.38 bits per heavy atom. The molecule has 0 bridgehead atoms. The summed E-state index contributed by atoms with van der Waals surface area (Å²) in [4.78, 5) is 4.60. The molecule has 0 spiro atoms. The van der Waals surface area contributed by atoms with Crippen LogP contribution in [0.2, 0.25) is 0 Å². The molecule has 2 saturated heterocycles. The molecule has 2 fully saturated rings. The van der Waals surface area contributed by atoms with Crippen molar-refractivity contribution in [3.8, 4) is 0 Å². The summed E-state index contributed by atoms with van der Waals surface area (Å²) in [6.07, 6.45) is 2.58. The van der Waals surface area contributed by atoms with E-state index in [1.165, 1.54) is 0 Å². The van der Waals surface area contributed by atoms with Gasteiger partial charge in [-0.1, -0.05) is 5.16 Å². The van der Waals surface area contributed by atoms with Gasteiger partial charge >= 0.3 is 0 Å². The molecule has 118 valence electrons. The molecule has 7 nitrogen and oxygen atoms in total. The zero-order chi connectivity index (χ0) is 14.7. The highest BCUT2D eigenvalue weighted by Crippen LogP contribution is 2.35. The topological polar surface area (TPSA) is 78.6 Å². The molecule has 1 aromatic rings. The molecule has 2 aliphatic rings. The average Bonchev–Trinajstić information content (AvgIpc) is 3.17. The van der Waals surface area contributed by atoms with Gasteiger partial charge in [-0.2, -0.15) is 4.98 Å². The van der Waals surface area contributed by atoms with Crippen LogP contribution < -0.4 is 5.32 Å². The van der Waals surface area contributed by atoms with Crippen LogP contribution in [0.5, 0.6) is 0 Å². The van der Waals surface area contributed by atoms with Crippen molar-refractivity contribution in [1.82, 2.24) is 15.5 Å². The second-order valence-corrected chi connectivity index (χ2v) is 5.55. The van der Waals surface area contributed by atoms with Gasteiger partial charge in [0, 0.05) is 46.3 Å². The molecule has 3 rings (SSSR count). The predicted octanol–water partition coefficient (Wildman–Crippen LogP) is 1.16. The highest BCUT2D eigenvalue weighted by atomic mass is 16.5. The van der Waals surface area contributed by atoms with E-state index in [1.807, 2.05) is 6.92 Å². The summed E-state index contributed by atoms with van der Waals surface area (Å²) in [6, 6.07) is 0.0646. The maximum absolute atomic E-state index is 5.96. The van der Waals surface area contributed by atoms with Crippen molar-refractivity contribution in [2.45, 2.75) is 43.9 Å². The first kappa shape index (κ1) is 14.9. The second kappa shape index (κ2) is 6.39. The monoisotopic (exact) mass is 297 g/mol. The zero-order valence-electron chi connectivity index (χ0n) is 12.6. The lowest BCUT2D eigenvalue weighted by molar-refractivity contribution is -0.118. The van der Waals surface area contributed by atoms with E-state index < -0.39 is 5.60 Å². The number of hydrogen-bond acceptors (Lipinski definition) is 7. The summed E-state index contributed by atoms with van der Waals surface area (Å²) in [5, 5.41) is 7.53. The molecule has 2 unspecified atom stereocenters. The predicted molar refractivity (Wildman–Crippen MR) is 73.8 cm³/mol. The number of methoxy groups -OCH3 is 1. The Hall–Kier alpha value is -1.02. The Balaban J connectivity index is 1.76. The van der Waals surface area contributed by atoms with Crippen LogP contribution >= 0.6 is 0 Å². The molecule has 0 aromatic carbocycles. The lowest BCUT2D eigenvalue weighted by Gasteiger charge is -2.33. The van der Waals surface area contributed by atoms with Gasteiger partial charge in [0.25, 0.3) is 0 Å². The van der Waals surface area contributed by atoms with Gasteiger partial charge in [-0.25, -0.2) is 0 Å². The fourth-order valence-corrected chi connectivity index (χ4v) is 3.04. The molecule has 0 radical (unpaired) electrons. The summed E-state index contributed by atoms with van der Waals surface area (Å²) < 4.78 is 22.2. The first-order valence-electron chi connectivity index (χ1n) is 7.59. The van der Waals surface area contributed by atoms with Crippen molar-refractivity contribution in [1.29, 1.82) is 0 Å². The van der Waals surface area contributed by atoms with Gasteiger partial charge in [0.05, 0.1) is 12.1 Å². The van der Waals surface area contributed by atoms with Crippen LogP contribution in [0.4, 0.5) is 0 Å². The molecule has 0 aliphatic carbocycles. The number of nitrogens with zero attached hydrogens (tertiary/aromatic N) is 2. The van der Waals surface area contributed by atoms with E-state index in [9.17, 15) is 0 Å². The molecule has 3 heterocycles. The summed E-state index contributed by atoms with van der Waals surface area (Å²) in [6.45, 7) is 4.75. The Kier molecular flexibility index (Phi) is 4.54. The quantitative estimate of drug-likeness (QED) is 0.873. The number of hydrogen-bond donors (Lipinski definition) is 1. The van der Waals surface area contributed by atoms with Gasteiger partial charge < -0.3 is 24.1 Å². The third-order valence-electron chi connectivity index (χ3n) is 4.29. The summed E-state index contributed by atoms with van der Waals surface area (Å²) in [7, 11) is 1.72. The van der Waals surface area contributed by atoms with Crippen molar-refractivity contribution in [3.63, 3.8) is 0 Å². The van der Waals surface area contributed by atoms with Crippen molar-refractivity contribution in [2.75, 3.05) is 33.5 Å². The minimum atomic E-state index is -0.464. The number of aromatic nitrogens is 2. The number of nitrogens with one attached hydrogen (secondary N) is 1. The SMILES string of the molecule is CCOC1(c2noc(C3CC(OC)CN3)n2)CCOCC1. The van der Waals surface area contributed by atoms with Crippen LogP contribution in [0, 0.1) is 0 Å². The van der Waals surface area contributed by atoms with E-state index in [1.54, 1.807) is 7.11 Å². The first-order chi connectivity index (χ1) is 10.3. The third-order valence-corrected chi connectivity index (χ3v) is 4.29. The zero-order valence-corrected chi connectivity index (χ0v) is 12.6. The Labute approximate surface area is 124 Å². The lowest BCUT2D eigenvalue weighted by Crippen LogP contribution is -2.37.